The van der Waals surface area contributed by atoms with Crippen molar-refractivity contribution >= 4 is 17.2 Å². The van der Waals surface area contributed by atoms with Crippen LogP contribution < -0.4 is 5.32 Å². The van der Waals surface area contributed by atoms with E-state index in [1.807, 2.05) is 6.07 Å². The number of rotatable bonds is 7. The van der Waals surface area contributed by atoms with E-state index in [0.29, 0.717) is 26.2 Å². The normalized spacial score (nSPS) is 18.9. The fourth-order valence-corrected chi connectivity index (χ4v) is 3.32. The molecule has 1 saturated heterocycles. The number of nitrogens with one attached hydrogen (secondary N) is 1. The smallest absolute Gasteiger partial charge is 0.234 e. The number of hydrogen-bond acceptors (Lipinski definition) is 6. The second kappa shape index (κ2) is 8.19. The summed E-state index contributed by atoms with van der Waals surface area (Å²) in [5.41, 5.74) is 0. The predicted octanol–water partition coefficient (Wildman–Crippen LogP) is 0.399. The van der Waals surface area contributed by atoms with Crippen LogP contribution in [-0.4, -0.2) is 64.5 Å². The molecule has 1 aliphatic rings. The molecule has 0 bridgehead atoms. The van der Waals surface area contributed by atoms with Crippen molar-refractivity contribution in [1.29, 1.82) is 0 Å². The van der Waals surface area contributed by atoms with Gasteiger partial charge in [0.1, 0.15) is 12.7 Å². The highest BCUT2D eigenvalue weighted by Crippen LogP contribution is 2.08. The number of morpholine rings is 1. The highest BCUT2D eigenvalue weighted by molar-refractivity contribution is 7.09. The quantitative estimate of drug-likeness (QED) is 0.793. The Morgan fingerprint density at radius 3 is 3.26 bits per heavy atom. The number of ether oxygens (including phenoxy) is 1. The average Bonchev–Trinajstić information content (AvgIpc) is 3.21. The van der Waals surface area contributed by atoms with Gasteiger partial charge in [0, 0.05) is 24.5 Å². The van der Waals surface area contributed by atoms with Crippen molar-refractivity contribution in [2.45, 2.75) is 19.1 Å². The molecule has 2 aromatic rings. The van der Waals surface area contributed by atoms with E-state index in [0.717, 1.165) is 19.5 Å². The Kier molecular flexibility index (Phi) is 5.73. The maximum absolute atomic E-state index is 12.0. The molecule has 8 heteroatoms. The van der Waals surface area contributed by atoms with Gasteiger partial charge in [0.2, 0.25) is 5.91 Å². The highest BCUT2D eigenvalue weighted by Gasteiger charge is 2.22. The molecule has 1 amide bonds. The summed E-state index contributed by atoms with van der Waals surface area (Å²) >= 11 is 1.72. The van der Waals surface area contributed by atoms with E-state index in [1.54, 1.807) is 22.3 Å². The summed E-state index contributed by atoms with van der Waals surface area (Å²) in [5.74, 6) is 0.0722. The van der Waals surface area contributed by atoms with E-state index >= 15 is 0 Å². The molecule has 3 rings (SSSR count). The Morgan fingerprint density at radius 1 is 1.52 bits per heavy atom. The number of nitrogens with zero attached hydrogens (tertiary/aromatic N) is 4. The average molecular weight is 335 g/mol. The number of carbonyl (C=O) groups excluding carboxylic acids is 1. The van der Waals surface area contributed by atoms with Gasteiger partial charge in [-0.2, -0.15) is 5.10 Å². The second-order valence-corrected chi connectivity index (χ2v) is 6.56. The molecule has 0 spiro atoms. The van der Waals surface area contributed by atoms with Crippen LogP contribution in [0.2, 0.25) is 0 Å². The van der Waals surface area contributed by atoms with Crippen LogP contribution in [0.4, 0.5) is 0 Å². The molecule has 2 aromatic heterocycles. The minimum Gasteiger partial charge on any atom is -0.374 e. The van der Waals surface area contributed by atoms with Crippen molar-refractivity contribution in [3.8, 4) is 0 Å². The maximum atomic E-state index is 12.0. The van der Waals surface area contributed by atoms with Gasteiger partial charge in [-0.3, -0.25) is 14.4 Å². The molecule has 0 unspecified atom stereocenters. The lowest BCUT2D eigenvalue weighted by molar-refractivity contribution is -0.124. The Morgan fingerprint density at radius 2 is 2.48 bits per heavy atom. The molecule has 1 fully saturated rings. The summed E-state index contributed by atoms with van der Waals surface area (Å²) in [6.45, 7) is 3.93. The fourth-order valence-electron chi connectivity index (χ4n) is 2.61. The lowest BCUT2D eigenvalue weighted by Crippen LogP contribution is -2.48. The van der Waals surface area contributed by atoms with Gasteiger partial charge in [-0.1, -0.05) is 6.07 Å². The van der Waals surface area contributed by atoms with Crippen molar-refractivity contribution in [3.63, 3.8) is 0 Å². The summed E-state index contributed by atoms with van der Waals surface area (Å²) in [7, 11) is 0. The maximum Gasteiger partial charge on any atom is 0.234 e. The lowest BCUT2D eigenvalue weighted by Gasteiger charge is -2.32. The molecule has 1 aliphatic heterocycles. The molecule has 0 aliphatic carbocycles. The first-order chi connectivity index (χ1) is 11.3. The molecule has 0 saturated carbocycles. The van der Waals surface area contributed by atoms with Crippen LogP contribution in [0, 0.1) is 0 Å². The summed E-state index contributed by atoms with van der Waals surface area (Å²) < 4.78 is 7.49. The molecular weight excluding hydrogens is 314 g/mol. The molecule has 0 radical (unpaired) electrons. The van der Waals surface area contributed by atoms with Crippen LogP contribution in [0.1, 0.15) is 4.88 Å². The zero-order chi connectivity index (χ0) is 15.9. The zero-order valence-corrected chi connectivity index (χ0v) is 13.7. The van der Waals surface area contributed by atoms with Crippen molar-refractivity contribution < 1.29 is 9.53 Å². The third-order valence-electron chi connectivity index (χ3n) is 3.72. The first-order valence-electron chi connectivity index (χ1n) is 7.75. The van der Waals surface area contributed by atoms with Crippen molar-refractivity contribution in [2.75, 3.05) is 32.8 Å². The Hall–Kier alpha value is -1.77. The third kappa shape index (κ3) is 5.12. The minimum absolute atomic E-state index is 0.0457. The van der Waals surface area contributed by atoms with Crippen molar-refractivity contribution in [2.24, 2.45) is 0 Å². The van der Waals surface area contributed by atoms with Gasteiger partial charge in [0.15, 0.2) is 0 Å². The van der Waals surface area contributed by atoms with E-state index in [1.165, 1.54) is 11.2 Å². The summed E-state index contributed by atoms with van der Waals surface area (Å²) in [4.78, 5) is 19.4. The second-order valence-electron chi connectivity index (χ2n) is 5.52. The van der Waals surface area contributed by atoms with Gasteiger partial charge < -0.3 is 10.1 Å². The fraction of sp³-hybridized carbons (Fsp3) is 0.533. The number of hydrogen-bond donors (Lipinski definition) is 1. The number of thiophene rings is 1. The number of carbonyl (C=O) groups is 1. The predicted molar refractivity (Wildman–Crippen MR) is 87.2 cm³/mol. The highest BCUT2D eigenvalue weighted by atomic mass is 32.1. The van der Waals surface area contributed by atoms with Gasteiger partial charge in [0.05, 0.1) is 25.8 Å². The van der Waals surface area contributed by atoms with E-state index in [-0.39, 0.29) is 12.0 Å². The van der Waals surface area contributed by atoms with Crippen molar-refractivity contribution in [3.05, 3.63) is 35.0 Å². The molecule has 1 N–H and O–H groups in total. The van der Waals surface area contributed by atoms with Crippen LogP contribution >= 0.6 is 11.3 Å². The van der Waals surface area contributed by atoms with Crippen LogP contribution in [0.3, 0.4) is 0 Å². The molecule has 1 atom stereocenters. The van der Waals surface area contributed by atoms with Gasteiger partial charge in [-0.05, 0) is 17.9 Å². The molecule has 23 heavy (non-hydrogen) atoms. The number of aromatic nitrogens is 3. The Labute approximate surface area is 139 Å². The zero-order valence-electron chi connectivity index (χ0n) is 12.9. The topological polar surface area (TPSA) is 72.3 Å². The van der Waals surface area contributed by atoms with Gasteiger partial charge >= 0.3 is 0 Å². The largest absolute Gasteiger partial charge is 0.374 e. The van der Waals surface area contributed by atoms with Crippen LogP contribution in [-0.2, 0) is 22.5 Å². The standard InChI is InChI=1S/C15H21N5O2S/c21-15(17-4-3-14-2-1-7-23-14)10-19-5-6-22-13(8-19)9-20-12-16-11-18-20/h1-2,7,11-13H,3-6,8-10H2,(H,17,21)/t13-/m0/s1. The summed E-state index contributed by atoms with van der Waals surface area (Å²) in [6.07, 6.45) is 4.13. The first kappa shape index (κ1) is 16.1. The molecule has 7 nitrogen and oxygen atoms in total. The van der Waals surface area contributed by atoms with Crippen LogP contribution in [0.25, 0.3) is 0 Å². The van der Waals surface area contributed by atoms with Gasteiger partial charge in [-0.15, -0.1) is 11.3 Å². The molecular formula is C15H21N5O2S. The van der Waals surface area contributed by atoms with E-state index in [2.05, 4.69) is 31.7 Å². The van der Waals surface area contributed by atoms with E-state index in [4.69, 9.17) is 4.74 Å². The van der Waals surface area contributed by atoms with Gasteiger partial charge in [0.25, 0.3) is 0 Å². The molecule has 124 valence electrons. The Balaban J connectivity index is 1.37. The van der Waals surface area contributed by atoms with Crippen molar-refractivity contribution in [1.82, 2.24) is 25.0 Å². The minimum atomic E-state index is 0.0457. The summed E-state index contributed by atoms with van der Waals surface area (Å²) in [6, 6.07) is 4.12. The molecule has 0 aromatic carbocycles. The van der Waals surface area contributed by atoms with E-state index in [9.17, 15) is 4.79 Å². The first-order valence-corrected chi connectivity index (χ1v) is 8.63. The Bertz CT molecular complexity index is 587. The summed E-state index contributed by atoms with van der Waals surface area (Å²) in [5, 5.41) is 9.13. The van der Waals surface area contributed by atoms with E-state index < -0.39 is 0 Å². The molecule has 3 heterocycles. The monoisotopic (exact) mass is 335 g/mol. The van der Waals surface area contributed by atoms with Crippen LogP contribution in [0.5, 0.6) is 0 Å². The number of amides is 1. The van der Waals surface area contributed by atoms with Gasteiger partial charge in [-0.25, -0.2) is 4.98 Å². The van der Waals surface area contributed by atoms with Crippen LogP contribution in [0.15, 0.2) is 30.2 Å². The SMILES string of the molecule is O=C(CN1CCO[C@H](Cn2cncn2)C1)NCCc1cccs1. The lowest BCUT2D eigenvalue weighted by atomic mass is 10.2. The third-order valence-corrected chi connectivity index (χ3v) is 4.66.